The number of nitrogens with zero attached hydrogens (tertiary/aromatic N) is 1. The minimum absolute atomic E-state index is 0.0181. The highest BCUT2D eigenvalue weighted by molar-refractivity contribution is 5.99. The number of Topliss-reactive ketones (excluding diaryl/α,β-unsaturated/α-hetero) is 1. The fourth-order valence-corrected chi connectivity index (χ4v) is 2.03. The molecular weight excluding hydrogens is 260 g/mol. The minimum Gasteiger partial charge on any atom is -0.327 e. The number of benzene rings is 1. The molecular formula is C18H18N2O. The van der Waals surface area contributed by atoms with Gasteiger partial charge >= 0.3 is 0 Å². The number of rotatable bonds is 6. The number of nitrogens with two attached hydrogens (primary N) is 1. The largest absolute Gasteiger partial charge is 0.327 e. The summed E-state index contributed by atoms with van der Waals surface area (Å²) in [6.07, 6.45) is 5.26. The lowest BCUT2D eigenvalue weighted by Gasteiger charge is -2.04. The van der Waals surface area contributed by atoms with Crippen molar-refractivity contribution in [1.29, 1.82) is 0 Å². The van der Waals surface area contributed by atoms with Gasteiger partial charge in [0.25, 0.3) is 0 Å². The zero-order valence-electron chi connectivity index (χ0n) is 11.8. The van der Waals surface area contributed by atoms with E-state index in [1.54, 1.807) is 12.3 Å². The smallest absolute Gasteiger partial charge is 0.168 e. The Kier molecular flexibility index (Phi) is 5.18. The van der Waals surface area contributed by atoms with Crippen molar-refractivity contribution in [3.8, 4) is 11.1 Å². The van der Waals surface area contributed by atoms with Crippen LogP contribution in [0.4, 0.5) is 0 Å². The summed E-state index contributed by atoms with van der Waals surface area (Å²) >= 11 is 0. The first-order chi connectivity index (χ1) is 10.2. The summed E-state index contributed by atoms with van der Waals surface area (Å²) < 4.78 is 0. The molecule has 0 spiro atoms. The number of allylic oxidation sites excluding steroid dienone is 2. The summed E-state index contributed by atoms with van der Waals surface area (Å²) in [5, 5.41) is 0. The number of carbonyl (C=O) groups is 1. The van der Waals surface area contributed by atoms with Crippen molar-refractivity contribution in [3.63, 3.8) is 0 Å². The second-order valence-corrected chi connectivity index (χ2v) is 4.60. The van der Waals surface area contributed by atoms with Crippen LogP contribution in [0.2, 0.25) is 0 Å². The molecule has 0 amide bonds. The van der Waals surface area contributed by atoms with Crippen molar-refractivity contribution >= 4 is 5.78 Å². The molecule has 2 aromatic rings. The quantitative estimate of drug-likeness (QED) is 0.653. The Morgan fingerprint density at radius 2 is 1.90 bits per heavy atom. The Labute approximate surface area is 124 Å². The first kappa shape index (κ1) is 14.9. The van der Waals surface area contributed by atoms with E-state index in [4.69, 9.17) is 5.73 Å². The molecule has 0 aliphatic carbocycles. The van der Waals surface area contributed by atoms with Crippen LogP contribution in [0.5, 0.6) is 0 Å². The Morgan fingerprint density at radius 3 is 2.48 bits per heavy atom. The average Bonchev–Trinajstić information content (AvgIpc) is 2.54. The van der Waals surface area contributed by atoms with Gasteiger partial charge in [0.2, 0.25) is 0 Å². The molecule has 0 radical (unpaired) electrons. The van der Waals surface area contributed by atoms with E-state index >= 15 is 0 Å². The molecule has 0 saturated heterocycles. The molecule has 2 N–H and O–H groups in total. The molecule has 2 rings (SSSR count). The molecule has 0 bridgehead atoms. The Balaban J connectivity index is 2.11. The van der Waals surface area contributed by atoms with E-state index in [9.17, 15) is 4.79 Å². The molecule has 0 fully saturated rings. The van der Waals surface area contributed by atoms with Crippen LogP contribution in [-0.4, -0.2) is 17.3 Å². The van der Waals surface area contributed by atoms with Crippen LogP contribution in [0.3, 0.4) is 0 Å². The van der Waals surface area contributed by atoms with E-state index in [1.165, 1.54) is 6.08 Å². The number of pyridine rings is 1. The van der Waals surface area contributed by atoms with Gasteiger partial charge in [0, 0.05) is 29.6 Å². The van der Waals surface area contributed by atoms with Crippen molar-refractivity contribution in [2.24, 2.45) is 5.73 Å². The van der Waals surface area contributed by atoms with E-state index < -0.39 is 0 Å². The van der Waals surface area contributed by atoms with E-state index in [1.807, 2.05) is 42.5 Å². The average molecular weight is 278 g/mol. The van der Waals surface area contributed by atoms with Crippen LogP contribution in [0.1, 0.15) is 5.69 Å². The number of ketones is 1. The van der Waals surface area contributed by atoms with Crippen LogP contribution in [0, 0.1) is 0 Å². The van der Waals surface area contributed by atoms with Crippen LogP contribution in [-0.2, 0) is 11.2 Å². The van der Waals surface area contributed by atoms with Crippen molar-refractivity contribution in [2.75, 3.05) is 6.54 Å². The van der Waals surface area contributed by atoms with Crippen LogP contribution < -0.4 is 5.73 Å². The van der Waals surface area contributed by atoms with E-state index in [0.29, 0.717) is 12.1 Å². The molecule has 106 valence electrons. The van der Waals surface area contributed by atoms with Gasteiger partial charge < -0.3 is 5.73 Å². The molecule has 1 aromatic carbocycles. The van der Waals surface area contributed by atoms with Gasteiger partial charge in [-0.15, -0.1) is 0 Å². The maximum atomic E-state index is 12.1. The number of hydrogen-bond acceptors (Lipinski definition) is 3. The van der Waals surface area contributed by atoms with Crippen molar-refractivity contribution in [1.82, 2.24) is 4.98 Å². The maximum Gasteiger partial charge on any atom is 0.168 e. The van der Waals surface area contributed by atoms with Gasteiger partial charge in [-0.1, -0.05) is 55.1 Å². The van der Waals surface area contributed by atoms with Crippen molar-refractivity contribution in [3.05, 3.63) is 78.7 Å². The molecule has 3 heteroatoms. The third-order valence-electron chi connectivity index (χ3n) is 3.15. The topological polar surface area (TPSA) is 56.0 Å². The van der Waals surface area contributed by atoms with Gasteiger partial charge in [-0.05, 0) is 11.6 Å². The Hall–Kier alpha value is -2.52. The highest BCUT2D eigenvalue weighted by Crippen LogP contribution is 2.18. The summed E-state index contributed by atoms with van der Waals surface area (Å²) in [5.41, 5.74) is 8.86. The van der Waals surface area contributed by atoms with Crippen molar-refractivity contribution in [2.45, 2.75) is 6.42 Å². The third kappa shape index (κ3) is 3.97. The molecule has 0 aliphatic heterocycles. The van der Waals surface area contributed by atoms with Gasteiger partial charge in [-0.25, -0.2) is 0 Å². The van der Waals surface area contributed by atoms with Crippen LogP contribution >= 0.6 is 0 Å². The maximum absolute atomic E-state index is 12.1. The predicted octanol–water partition coefficient (Wildman–Crippen LogP) is 2.93. The first-order valence-electron chi connectivity index (χ1n) is 6.81. The number of carbonyl (C=O) groups excluding carboxylic acids is 1. The molecule has 21 heavy (non-hydrogen) atoms. The first-order valence-corrected chi connectivity index (χ1v) is 6.81. The van der Waals surface area contributed by atoms with Gasteiger partial charge in [0.15, 0.2) is 5.78 Å². The fraction of sp³-hybridized carbons (Fsp3) is 0.111. The third-order valence-corrected chi connectivity index (χ3v) is 3.15. The zero-order chi connectivity index (χ0) is 15.1. The summed E-state index contributed by atoms with van der Waals surface area (Å²) in [5.74, 6) is -0.0181. The van der Waals surface area contributed by atoms with Gasteiger partial charge in [0.1, 0.15) is 0 Å². The number of hydrogen-bond donors (Lipinski definition) is 1. The summed E-state index contributed by atoms with van der Waals surface area (Å²) in [6, 6.07) is 13.9. The van der Waals surface area contributed by atoms with Gasteiger partial charge in [0.05, 0.1) is 6.42 Å². The van der Waals surface area contributed by atoms with Gasteiger partial charge in [-0.2, -0.15) is 0 Å². The van der Waals surface area contributed by atoms with Crippen LogP contribution in [0.15, 0.2) is 73.0 Å². The summed E-state index contributed by atoms with van der Waals surface area (Å²) in [4.78, 5) is 16.4. The lowest BCUT2D eigenvalue weighted by Crippen LogP contribution is -2.08. The van der Waals surface area contributed by atoms with Crippen LogP contribution in [0.25, 0.3) is 11.1 Å². The molecule has 0 aliphatic rings. The molecule has 0 atom stereocenters. The second kappa shape index (κ2) is 7.31. The lowest BCUT2D eigenvalue weighted by molar-refractivity contribution is -0.114. The van der Waals surface area contributed by atoms with E-state index in [2.05, 4.69) is 11.6 Å². The van der Waals surface area contributed by atoms with E-state index in [0.717, 1.165) is 16.8 Å². The minimum atomic E-state index is -0.0181. The molecule has 3 nitrogen and oxygen atoms in total. The monoisotopic (exact) mass is 278 g/mol. The number of aromatic nitrogens is 1. The molecule has 1 aromatic heterocycles. The van der Waals surface area contributed by atoms with Crippen molar-refractivity contribution < 1.29 is 4.79 Å². The highest BCUT2D eigenvalue weighted by atomic mass is 16.1. The Bertz CT molecular complexity index is 643. The summed E-state index contributed by atoms with van der Waals surface area (Å²) in [6.45, 7) is 3.96. The normalized spacial score (nSPS) is 11.2. The SMILES string of the molecule is C=C/C(=C\CN)C(=O)Cc1ccc(-c2ccccc2)cn1. The fourth-order valence-electron chi connectivity index (χ4n) is 2.03. The lowest BCUT2D eigenvalue weighted by atomic mass is 10.0. The Morgan fingerprint density at radius 1 is 1.14 bits per heavy atom. The zero-order valence-corrected chi connectivity index (χ0v) is 11.8. The van der Waals surface area contributed by atoms with E-state index in [-0.39, 0.29) is 12.2 Å². The van der Waals surface area contributed by atoms with Gasteiger partial charge in [-0.3, -0.25) is 9.78 Å². The molecule has 0 unspecified atom stereocenters. The highest BCUT2D eigenvalue weighted by Gasteiger charge is 2.08. The standard InChI is InChI=1S/C18H18N2O/c1-2-14(10-11-19)18(21)12-17-9-8-16(13-20-17)15-6-4-3-5-7-15/h2-10,13H,1,11-12,19H2/b14-10+. The molecule has 1 heterocycles. The second-order valence-electron chi connectivity index (χ2n) is 4.60. The predicted molar refractivity (Wildman–Crippen MR) is 85.7 cm³/mol. The molecule has 0 saturated carbocycles. The summed E-state index contributed by atoms with van der Waals surface area (Å²) in [7, 11) is 0.